The molecule has 0 bridgehead atoms. The van der Waals surface area contributed by atoms with Crippen molar-refractivity contribution in [2.45, 2.75) is 32.7 Å². The van der Waals surface area contributed by atoms with E-state index in [1.54, 1.807) is 14.0 Å². The second-order valence-electron chi connectivity index (χ2n) is 7.83. The summed E-state index contributed by atoms with van der Waals surface area (Å²) in [5.74, 6) is 1.45. The van der Waals surface area contributed by atoms with Gasteiger partial charge in [0.05, 0.1) is 7.11 Å². The Morgan fingerprint density at radius 2 is 2.11 bits per heavy atom. The van der Waals surface area contributed by atoms with Crippen molar-refractivity contribution in [2.24, 2.45) is 5.41 Å². The van der Waals surface area contributed by atoms with Crippen LogP contribution in [0.2, 0.25) is 0 Å². The number of piperidine rings is 1. The summed E-state index contributed by atoms with van der Waals surface area (Å²) in [7, 11) is 1.64. The van der Waals surface area contributed by atoms with Gasteiger partial charge in [0, 0.05) is 38.0 Å². The van der Waals surface area contributed by atoms with E-state index in [0.717, 1.165) is 30.7 Å². The van der Waals surface area contributed by atoms with Crippen LogP contribution >= 0.6 is 0 Å². The number of rotatable bonds is 4. The molecule has 0 atom stereocenters. The molecule has 0 aliphatic carbocycles. The molecule has 2 saturated heterocycles. The molecular formula is C21H25N3O4. The van der Waals surface area contributed by atoms with Crippen LogP contribution in [-0.4, -0.2) is 53.3 Å². The van der Waals surface area contributed by atoms with Gasteiger partial charge in [0.15, 0.2) is 12.1 Å². The molecule has 1 aromatic heterocycles. The van der Waals surface area contributed by atoms with Gasteiger partial charge in [-0.3, -0.25) is 9.59 Å². The second kappa shape index (κ2) is 7.30. The number of oxazole rings is 1. The summed E-state index contributed by atoms with van der Waals surface area (Å²) in [6.07, 6.45) is 3.52. The largest absolute Gasteiger partial charge is 0.497 e. The molecule has 0 saturated carbocycles. The van der Waals surface area contributed by atoms with Crippen molar-refractivity contribution in [3.05, 3.63) is 47.7 Å². The first kappa shape index (κ1) is 18.5. The highest BCUT2D eigenvalue weighted by Crippen LogP contribution is 2.41. The minimum atomic E-state index is -0.0846. The summed E-state index contributed by atoms with van der Waals surface area (Å²) in [6, 6.07) is 7.84. The topological polar surface area (TPSA) is 75.9 Å². The van der Waals surface area contributed by atoms with Gasteiger partial charge >= 0.3 is 0 Å². The van der Waals surface area contributed by atoms with Gasteiger partial charge in [0.1, 0.15) is 11.5 Å². The number of aromatic nitrogens is 1. The van der Waals surface area contributed by atoms with E-state index < -0.39 is 0 Å². The molecule has 2 aromatic rings. The Morgan fingerprint density at radius 3 is 2.79 bits per heavy atom. The van der Waals surface area contributed by atoms with Crippen LogP contribution in [0.3, 0.4) is 0 Å². The molecule has 3 heterocycles. The lowest BCUT2D eigenvalue weighted by molar-refractivity contribution is -0.128. The predicted molar refractivity (Wildman–Crippen MR) is 102 cm³/mol. The number of methoxy groups -OCH3 is 1. The van der Waals surface area contributed by atoms with Crippen LogP contribution in [0.1, 0.15) is 41.1 Å². The maximum Gasteiger partial charge on any atom is 0.276 e. The summed E-state index contributed by atoms with van der Waals surface area (Å²) < 4.78 is 10.4. The van der Waals surface area contributed by atoms with Crippen LogP contribution in [0.25, 0.3) is 0 Å². The molecule has 1 aromatic carbocycles. The van der Waals surface area contributed by atoms with E-state index in [2.05, 4.69) is 4.98 Å². The number of amides is 2. The van der Waals surface area contributed by atoms with Crippen LogP contribution in [0.5, 0.6) is 5.75 Å². The Labute approximate surface area is 164 Å². The molecule has 1 spiro atoms. The maximum atomic E-state index is 12.6. The standard InChI is InChI=1S/C21H25N3O4/c1-15-19(22-14-28-15)20(26)23-8-6-21(7-9-23)11-18(25)24(13-21)12-16-4-3-5-17(10-16)27-2/h3-5,10,14H,6-9,11-13H2,1-2H3. The number of carbonyl (C=O) groups excluding carboxylic acids is 2. The summed E-state index contributed by atoms with van der Waals surface area (Å²) in [4.78, 5) is 33.1. The van der Waals surface area contributed by atoms with E-state index in [4.69, 9.17) is 9.15 Å². The zero-order valence-electron chi connectivity index (χ0n) is 16.3. The van der Waals surface area contributed by atoms with Gasteiger partial charge in [-0.25, -0.2) is 4.98 Å². The molecular weight excluding hydrogens is 358 g/mol. The number of ether oxygens (including phenoxy) is 1. The Bertz CT molecular complexity index is 883. The molecule has 148 valence electrons. The van der Waals surface area contributed by atoms with Crippen molar-refractivity contribution in [1.29, 1.82) is 0 Å². The fraction of sp³-hybridized carbons (Fsp3) is 0.476. The van der Waals surface area contributed by atoms with E-state index in [1.165, 1.54) is 6.39 Å². The van der Waals surface area contributed by atoms with Crippen LogP contribution in [-0.2, 0) is 11.3 Å². The molecule has 2 aliphatic rings. The molecule has 4 rings (SSSR count). The van der Waals surface area contributed by atoms with E-state index in [9.17, 15) is 9.59 Å². The first-order valence-electron chi connectivity index (χ1n) is 9.60. The van der Waals surface area contributed by atoms with Crippen molar-refractivity contribution in [1.82, 2.24) is 14.8 Å². The van der Waals surface area contributed by atoms with Crippen molar-refractivity contribution < 1.29 is 18.7 Å². The fourth-order valence-corrected chi connectivity index (χ4v) is 4.30. The monoisotopic (exact) mass is 383 g/mol. The van der Waals surface area contributed by atoms with E-state index >= 15 is 0 Å². The van der Waals surface area contributed by atoms with Gasteiger partial charge < -0.3 is 19.0 Å². The third-order valence-corrected chi connectivity index (χ3v) is 5.97. The number of likely N-dealkylation sites (tertiary alicyclic amines) is 2. The Morgan fingerprint density at radius 1 is 1.32 bits per heavy atom. The Kier molecular flexibility index (Phi) is 4.83. The minimum Gasteiger partial charge on any atom is -0.497 e. The van der Waals surface area contributed by atoms with Crippen molar-refractivity contribution in [3.63, 3.8) is 0 Å². The number of hydrogen-bond acceptors (Lipinski definition) is 5. The maximum absolute atomic E-state index is 12.6. The second-order valence-corrected chi connectivity index (χ2v) is 7.83. The normalized spacial score (nSPS) is 18.7. The van der Waals surface area contributed by atoms with Crippen LogP contribution in [0, 0.1) is 12.3 Å². The number of hydrogen-bond donors (Lipinski definition) is 0. The van der Waals surface area contributed by atoms with Gasteiger partial charge in [-0.1, -0.05) is 12.1 Å². The average Bonchev–Trinajstić information content (AvgIpc) is 3.25. The molecule has 7 heteroatoms. The lowest BCUT2D eigenvalue weighted by Gasteiger charge is -2.38. The molecule has 2 fully saturated rings. The summed E-state index contributed by atoms with van der Waals surface area (Å²) in [6.45, 7) is 4.38. The Balaban J connectivity index is 1.39. The van der Waals surface area contributed by atoms with Crippen molar-refractivity contribution in [2.75, 3.05) is 26.7 Å². The third kappa shape index (κ3) is 3.48. The van der Waals surface area contributed by atoms with Crippen LogP contribution in [0.4, 0.5) is 0 Å². The number of benzene rings is 1. The van der Waals surface area contributed by atoms with E-state index in [-0.39, 0.29) is 17.2 Å². The highest BCUT2D eigenvalue weighted by molar-refractivity contribution is 5.93. The van der Waals surface area contributed by atoms with Gasteiger partial charge in [-0.15, -0.1) is 0 Å². The van der Waals surface area contributed by atoms with Crippen molar-refractivity contribution in [3.8, 4) is 5.75 Å². The lowest BCUT2D eigenvalue weighted by atomic mass is 9.77. The SMILES string of the molecule is COc1cccc(CN2CC3(CCN(C(=O)c4ncoc4C)CC3)CC2=O)c1. The van der Waals surface area contributed by atoms with Gasteiger partial charge in [0.2, 0.25) is 5.91 Å². The molecule has 2 amide bonds. The summed E-state index contributed by atoms with van der Waals surface area (Å²) in [5.41, 5.74) is 1.42. The fourth-order valence-electron chi connectivity index (χ4n) is 4.30. The van der Waals surface area contributed by atoms with Gasteiger partial charge in [-0.05, 0) is 37.5 Å². The zero-order chi connectivity index (χ0) is 19.7. The summed E-state index contributed by atoms with van der Waals surface area (Å²) in [5, 5.41) is 0. The highest BCUT2D eigenvalue weighted by Gasteiger charge is 2.45. The van der Waals surface area contributed by atoms with Crippen molar-refractivity contribution >= 4 is 11.8 Å². The first-order valence-corrected chi connectivity index (χ1v) is 9.60. The van der Waals surface area contributed by atoms with Gasteiger partial charge in [-0.2, -0.15) is 0 Å². The molecule has 0 unspecified atom stereocenters. The first-order chi connectivity index (χ1) is 13.5. The highest BCUT2D eigenvalue weighted by atomic mass is 16.5. The third-order valence-electron chi connectivity index (χ3n) is 5.97. The molecule has 2 aliphatic heterocycles. The molecule has 0 radical (unpaired) electrons. The van der Waals surface area contributed by atoms with Gasteiger partial charge in [0.25, 0.3) is 5.91 Å². The predicted octanol–water partition coefficient (Wildman–Crippen LogP) is 2.65. The summed E-state index contributed by atoms with van der Waals surface area (Å²) >= 11 is 0. The number of nitrogens with zero attached hydrogens (tertiary/aromatic N) is 3. The lowest BCUT2D eigenvalue weighted by Crippen LogP contribution is -2.44. The zero-order valence-corrected chi connectivity index (χ0v) is 16.3. The number of carbonyl (C=O) groups is 2. The number of aryl methyl sites for hydroxylation is 1. The van der Waals surface area contributed by atoms with E-state index in [0.29, 0.717) is 37.5 Å². The Hall–Kier alpha value is -2.83. The quantitative estimate of drug-likeness (QED) is 0.811. The van der Waals surface area contributed by atoms with Crippen LogP contribution in [0.15, 0.2) is 35.1 Å². The molecule has 7 nitrogen and oxygen atoms in total. The average molecular weight is 383 g/mol. The van der Waals surface area contributed by atoms with E-state index in [1.807, 2.05) is 34.1 Å². The van der Waals surface area contributed by atoms with Crippen LogP contribution < -0.4 is 4.74 Å². The molecule has 0 N–H and O–H groups in total. The molecule has 28 heavy (non-hydrogen) atoms. The smallest absolute Gasteiger partial charge is 0.276 e. The minimum absolute atomic E-state index is 0.0361.